The van der Waals surface area contributed by atoms with Crippen LogP contribution in [0.5, 0.6) is 5.75 Å². The van der Waals surface area contributed by atoms with Crippen molar-refractivity contribution in [3.63, 3.8) is 0 Å². The van der Waals surface area contributed by atoms with Crippen LogP contribution in [0, 0.1) is 0 Å². The van der Waals surface area contributed by atoms with E-state index in [9.17, 15) is 4.79 Å². The van der Waals surface area contributed by atoms with Crippen LogP contribution in [-0.2, 0) is 4.79 Å². The molecule has 23 heavy (non-hydrogen) atoms. The van der Waals surface area contributed by atoms with Gasteiger partial charge in [0.05, 0.1) is 0 Å². The lowest BCUT2D eigenvalue weighted by atomic mass is 9.97. The first-order valence-corrected chi connectivity index (χ1v) is 7.37. The van der Waals surface area contributed by atoms with Gasteiger partial charge in [0.1, 0.15) is 5.75 Å². The zero-order chi connectivity index (χ0) is 16.1. The van der Waals surface area contributed by atoms with E-state index >= 15 is 0 Å². The van der Waals surface area contributed by atoms with Gasteiger partial charge in [-0.25, -0.2) is 4.79 Å². The number of esters is 1. The van der Waals surface area contributed by atoms with Crippen molar-refractivity contribution >= 4 is 5.97 Å². The van der Waals surface area contributed by atoms with Gasteiger partial charge in [-0.2, -0.15) is 0 Å². The second-order valence-electron chi connectivity index (χ2n) is 5.04. The minimum atomic E-state index is -0.467. The Balaban J connectivity index is 2.20. The Bertz CT molecular complexity index is 763. The molecule has 2 nitrogen and oxygen atoms in total. The molecule has 0 amide bonds. The summed E-state index contributed by atoms with van der Waals surface area (Å²) in [5.41, 5.74) is 3.75. The summed E-state index contributed by atoms with van der Waals surface area (Å²) in [4.78, 5) is 11.8. The van der Waals surface area contributed by atoms with Crippen molar-refractivity contribution in [3.8, 4) is 28.0 Å². The van der Waals surface area contributed by atoms with E-state index in [2.05, 4.69) is 6.58 Å². The Morgan fingerprint density at radius 3 is 1.65 bits per heavy atom. The quantitative estimate of drug-likeness (QED) is 0.380. The van der Waals surface area contributed by atoms with Crippen LogP contribution in [0.25, 0.3) is 22.3 Å². The topological polar surface area (TPSA) is 26.3 Å². The summed E-state index contributed by atoms with van der Waals surface area (Å²) < 4.78 is 5.58. The second kappa shape index (κ2) is 6.75. The highest BCUT2D eigenvalue weighted by Gasteiger charge is 2.15. The van der Waals surface area contributed by atoms with E-state index in [1.807, 2.05) is 78.9 Å². The molecule has 0 aromatic heterocycles. The third kappa shape index (κ3) is 3.22. The van der Waals surface area contributed by atoms with Crippen molar-refractivity contribution < 1.29 is 9.53 Å². The highest BCUT2D eigenvalue weighted by Crippen LogP contribution is 2.39. The van der Waals surface area contributed by atoms with Gasteiger partial charge in [-0.3, -0.25) is 0 Å². The lowest BCUT2D eigenvalue weighted by molar-refractivity contribution is -0.128. The molecule has 0 N–H and O–H groups in total. The molecule has 0 heterocycles. The molecule has 3 rings (SSSR count). The molecule has 0 aliphatic heterocycles. The number of hydrogen-bond acceptors (Lipinski definition) is 2. The SMILES string of the molecule is C=CC(=O)Oc1c(-c2ccccc2)cccc1-c1ccccc1. The van der Waals surface area contributed by atoms with Crippen molar-refractivity contribution in [3.05, 3.63) is 91.5 Å². The van der Waals surface area contributed by atoms with Crippen LogP contribution in [-0.4, -0.2) is 5.97 Å². The minimum absolute atomic E-state index is 0.467. The van der Waals surface area contributed by atoms with Gasteiger partial charge in [0, 0.05) is 17.2 Å². The van der Waals surface area contributed by atoms with Gasteiger partial charge < -0.3 is 4.74 Å². The average Bonchev–Trinajstić information content (AvgIpc) is 2.63. The fourth-order valence-corrected chi connectivity index (χ4v) is 2.48. The van der Waals surface area contributed by atoms with E-state index in [0.717, 1.165) is 22.3 Å². The molecule has 0 radical (unpaired) electrons. The smallest absolute Gasteiger partial charge is 0.335 e. The lowest BCUT2D eigenvalue weighted by Crippen LogP contribution is -2.05. The van der Waals surface area contributed by atoms with Crippen molar-refractivity contribution in [2.45, 2.75) is 0 Å². The normalized spacial score (nSPS) is 10.1. The summed E-state index contributed by atoms with van der Waals surface area (Å²) in [5.74, 6) is 0.0837. The second-order valence-corrected chi connectivity index (χ2v) is 5.04. The maximum absolute atomic E-state index is 11.8. The highest BCUT2D eigenvalue weighted by molar-refractivity contribution is 5.90. The average molecular weight is 300 g/mol. The van der Waals surface area contributed by atoms with E-state index in [4.69, 9.17) is 4.74 Å². The fourth-order valence-electron chi connectivity index (χ4n) is 2.48. The molecule has 3 aromatic rings. The number of rotatable bonds is 4. The summed E-state index contributed by atoms with van der Waals surface area (Å²) in [6, 6.07) is 25.6. The number of hydrogen-bond donors (Lipinski definition) is 0. The van der Waals surface area contributed by atoms with Gasteiger partial charge in [0.2, 0.25) is 0 Å². The molecule has 112 valence electrons. The Labute approximate surface area is 135 Å². The van der Waals surface area contributed by atoms with Gasteiger partial charge >= 0.3 is 5.97 Å². The first kappa shape index (κ1) is 14.8. The zero-order valence-corrected chi connectivity index (χ0v) is 12.6. The van der Waals surface area contributed by atoms with Crippen molar-refractivity contribution in [1.82, 2.24) is 0 Å². The molecule has 0 fully saturated rings. The summed E-state index contributed by atoms with van der Waals surface area (Å²) in [5, 5.41) is 0. The predicted molar refractivity (Wildman–Crippen MR) is 93.1 cm³/mol. The summed E-state index contributed by atoms with van der Waals surface area (Å²) in [6.07, 6.45) is 1.18. The van der Waals surface area contributed by atoms with Crippen LogP contribution >= 0.6 is 0 Å². The molecule has 0 saturated carbocycles. The van der Waals surface area contributed by atoms with E-state index in [-0.39, 0.29) is 0 Å². The van der Waals surface area contributed by atoms with Crippen LogP contribution in [0.2, 0.25) is 0 Å². The molecule has 0 aliphatic rings. The fraction of sp³-hybridized carbons (Fsp3) is 0. The van der Waals surface area contributed by atoms with E-state index in [0.29, 0.717) is 5.75 Å². The number of para-hydroxylation sites is 1. The highest BCUT2D eigenvalue weighted by atomic mass is 16.5. The number of ether oxygens (including phenoxy) is 1. The molecule has 0 unspecified atom stereocenters. The Kier molecular flexibility index (Phi) is 4.34. The van der Waals surface area contributed by atoms with Crippen molar-refractivity contribution in [2.24, 2.45) is 0 Å². The summed E-state index contributed by atoms with van der Waals surface area (Å²) >= 11 is 0. The van der Waals surface area contributed by atoms with Gasteiger partial charge in [0.15, 0.2) is 0 Å². The molecule has 0 bridgehead atoms. The maximum Gasteiger partial charge on any atom is 0.335 e. The molecule has 0 saturated heterocycles. The van der Waals surface area contributed by atoms with Crippen molar-refractivity contribution in [1.29, 1.82) is 0 Å². The van der Waals surface area contributed by atoms with Gasteiger partial charge in [-0.1, -0.05) is 85.4 Å². The van der Waals surface area contributed by atoms with Gasteiger partial charge in [-0.05, 0) is 11.1 Å². The summed E-state index contributed by atoms with van der Waals surface area (Å²) in [7, 11) is 0. The molecular formula is C21H16O2. The van der Waals surface area contributed by atoms with Crippen LogP contribution < -0.4 is 4.74 Å². The predicted octanol–water partition coefficient (Wildman–Crippen LogP) is 5.11. The van der Waals surface area contributed by atoms with E-state index in [1.54, 1.807) is 0 Å². The molecule has 0 atom stereocenters. The first-order chi connectivity index (χ1) is 11.3. The number of carbonyl (C=O) groups is 1. The molecule has 3 aromatic carbocycles. The van der Waals surface area contributed by atoms with Gasteiger partial charge in [-0.15, -0.1) is 0 Å². The number of benzene rings is 3. The molecule has 0 spiro atoms. The Morgan fingerprint density at radius 2 is 1.22 bits per heavy atom. The Hall–Kier alpha value is -3.13. The van der Waals surface area contributed by atoms with Gasteiger partial charge in [0.25, 0.3) is 0 Å². The number of carbonyl (C=O) groups excluding carboxylic acids is 1. The maximum atomic E-state index is 11.8. The summed E-state index contributed by atoms with van der Waals surface area (Å²) in [6.45, 7) is 3.49. The van der Waals surface area contributed by atoms with E-state index in [1.165, 1.54) is 6.08 Å². The third-order valence-electron chi connectivity index (χ3n) is 3.55. The van der Waals surface area contributed by atoms with Crippen LogP contribution in [0.3, 0.4) is 0 Å². The largest absolute Gasteiger partial charge is 0.422 e. The molecular weight excluding hydrogens is 284 g/mol. The molecule has 0 aliphatic carbocycles. The van der Waals surface area contributed by atoms with E-state index < -0.39 is 5.97 Å². The molecule has 2 heteroatoms. The lowest BCUT2D eigenvalue weighted by Gasteiger charge is -2.14. The van der Waals surface area contributed by atoms with Crippen LogP contribution in [0.15, 0.2) is 91.5 Å². The standard InChI is InChI=1S/C21H16O2/c1-2-20(22)23-21-18(16-10-5-3-6-11-16)14-9-15-19(21)17-12-7-4-8-13-17/h2-15H,1H2. The van der Waals surface area contributed by atoms with Crippen molar-refractivity contribution in [2.75, 3.05) is 0 Å². The third-order valence-corrected chi connectivity index (χ3v) is 3.55. The monoisotopic (exact) mass is 300 g/mol. The van der Waals surface area contributed by atoms with Crippen LogP contribution in [0.4, 0.5) is 0 Å². The zero-order valence-electron chi connectivity index (χ0n) is 12.6. The first-order valence-electron chi connectivity index (χ1n) is 7.37. The minimum Gasteiger partial charge on any atom is -0.422 e. The van der Waals surface area contributed by atoms with Crippen LogP contribution in [0.1, 0.15) is 0 Å². The Morgan fingerprint density at radius 1 is 0.739 bits per heavy atom.